The number of carbonyl (C=O) groups excluding carboxylic acids is 2. The summed E-state index contributed by atoms with van der Waals surface area (Å²) < 4.78 is 5.25. The van der Waals surface area contributed by atoms with Crippen molar-refractivity contribution in [3.63, 3.8) is 0 Å². The molecular formula is C13H22N2O3. The Labute approximate surface area is 108 Å². The van der Waals surface area contributed by atoms with Crippen LogP contribution < -0.4 is 10.6 Å². The Morgan fingerprint density at radius 2 is 1.83 bits per heavy atom. The van der Waals surface area contributed by atoms with Gasteiger partial charge in [-0.05, 0) is 25.7 Å². The van der Waals surface area contributed by atoms with Crippen LogP contribution in [0.1, 0.15) is 44.9 Å². The summed E-state index contributed by atoms with van der Waals surface area (Å²) in [6, 6.07) is 0.297. The van der Waals surface area contributed by atoms with E-state index in [0.29, 0.717) is 12.6 Å². The lowest BCUT2D eigenvalue weighted by molar-refractivity contribution is -0.132. The van der Waals surface area contributed by atoms with E-state index in [9.17, 15) is 9.59 Å². The van der Waals surface area contributed by atoms with Crippen molar-refractivity contribution in [2.75, 3.05) is 13.2 Å². The van der Waals surface area contributed by atoms with Crippen LogP contribution in [0.4, 0.5) is 0 Å². The van der Waals surface area contributed by atoms with Crippen LogP contribution in [0.5, 0.6) is 0 Å². The molecule has 5 nitrogen and oxygen atoms in total. The van der Waals surface area contributed by atoms with E-state index in [1.54, 1.807) is 0 Å². The molecule has 2 rings (SSSR count). The predicted octanol–water partition coefficient (Wildman–Crippen LogP) is 0.730. The van der Waals surface area contributed by atoms with Gasteiger partial charge in [0.15, 0.2) is 0 Å². The minimum absolute atomic E-state index is 0.0647. The summed E-state index contributed by atoms with van der Waals surface area (Å²) in [6.45, 7) is 0.710. The molecule has 18 heavy (non-hydrogen) atoms. The zero-order chi connectivity index (χ0) is 12.8. The van der Waals surface area contributed by atoms with Crippen molar-refractivity contribution in [3.05, 3.63) is 0 Å². The third kappa shape index (κ3) is 3.98. The fourth-order valence-corrected chi connectivity index (χ4v) is 2.59. The quantitative estimate of drug-likeness (QED) is 0.777. The van der Waals surface area contributed by atoms with E-state index in [1.165, 1.54) is 19.3 Å². The molecule has 0 aromatic heterocycles. The van der Waals surface area contributed by atoms with Gasteiger partial charge < -0.3 is 15.4 Å². The van der Waals surface area contributed by atoms with E-state index in [1.807, 2.05) is 0 Å². The van der Waals surface area contributed by atoms with Crippen molar-refractivity contribution in [3.8, 4) is 0 Å². The summed E-state index contributed by atoms with van der Waals surface area (Å²) in [4.78, 5) is 23.3. The van der Waals surface area contributed by atoms with Crippen LogP contribution in [-0.4, -0.2) is 37.1 Å². The third-order valence-electron chi connectivity index (χ3n) is 3.62. The van der Waals surface area contributed by atoms with Crippen LogP contribution in [0.2, 0.25) is 0 Å². The molecule has 102 valence electrons. The van der Waals surface area contributed by atoms with E-state index < -0.39 is 0 Å². The van der Waals surface area contributed by atoms with Crippen LogP contribution in [0, 0.1) is 0 Å². The molecule has 1 saturated heterocycles. The molecule has 1 heterocycles. The molecule has 1 atom stereocenters. The lowest BCUT2D eigenvalue weighted by Crippen LogP contribution is -2.44. The minimum Gasteiger partial charge on any atom is -0.368 e. The number of ether oxygens (including phenoxy) is 1. The van der Waals surface area contributed by atoms with E-state index in [0.717, 1.165) is 25.7 Å². The summed E-state index contributed by atoms with van der Waals surface area (Å²) in [6.07, 6.45) is 7.09. The molecule has 0 aromatic carbocycles. The molecule has 0 aromatic rings. The maximum Gasteiger partial charge on any atom is 0.249 e. The maximum atomic E-state index is 11.7. The lowest BCUT2D eigenvalue weighted by Gasteiger charge is -2.22. The Morgan fingerprint density at radius 3 is 2.50 bits per heavy atom. The van der Waals surface area contributed by atoms with E-state index in [4.69, 9.17) is 4.74 Å². The zero-order valence-electron chi connectivity index (χ0n) is 10.7. The van der Waals surface area contributed by atoms with Crippen molar-refractivity contribution < 1.29 is 14.3 Å². The Morgan fingerprint density at radius 1 is 1.06 bits per heavy atom. The smallest absolute Gasteiger partial charge is 0.249 e. The van der Waals surface area contributed by atoms with Crippen LogP contribution in [-0.2, 0) is 14.3 Å². The summed E-state index contributed by atoms with van der Waals surface area (Å²) in [5.41, 5.74) is 0. The summed E-state index contributed by atoms with van der Waals surface area (Å²) in [5.74, 6) is -0.250. The van der Waals surface area contributed by atoms with Crippen molar-refractivity contribution in [1.29, 1.82) is 0 Å². The van der Waals surface area contributed by atoms with Gasteiger partial charge in [0.1, 0.15) is 6.10 Å². The highest BCUT2D eigenvalue weighted by Crippen LogP contribution is 2.17. The molecule has 1 saturated carbocycles. The molecule has 0 bridgehead atoms. The number of carbonyl (C=O) groups is 2. The molecule has 1 aliphatic heterocycles. The molecule has 2 aliphatic rings. The zero-order valence-corrected chi connectivity index (χ0v) is 10.7. The normalized spacial score (nSPS) is 24.8. The standard InChI is InChI=1S/C13H22N2O3/c16-12(15-10-5-2-1-3-6-10)9-14-13(17)11-7-4-8-18-11/h10-11H,1-9H2,(H,14,17)(H,15,16). The van der Waals surface area contributed by atoms with Gasteiger partial charge in [0, 0.05) is 12.6 Å². The average molecular weight is 254 g/mol. The first-order valence-electron chi connectivity index (χ1n) is 6.94. The van der Waals surface area contributed by atoms with Gasteiger partial charge in [-0.3, -0.25) is 9.59 Å². The van der Waals surface area contributed by atoms with Gasteiger partial charge in [0.2, 0.25) is 11.8 Å². The second kappa shape index (κ2) is 6.73. The summed E-state index contributed by atoms with van der Waals surface area (Å²) >= 11 is 0. The molecule has 0 radical (unpaired) electrons. The lowest BCUT2D eigenvalue weighted by atomic mass is 9.95. The van der Waals surface area contributed by atoms with Crippen molar-refractivity contribution in [2.45, 2.75) is 57.1 Å². The van der Waals surface area contributed by atoms with Gasteiger partial charge in [0.05, 0.1) is 6.54 Å². The number of nitrogens with one attached hydrogen (secondary N) is 2. The number of hydrogen-bond donors (Lipinski definition) is 2. The second-order valence-electron chi connectivity index (χ2n) is 5.12. The molecule has 2 N–H and O–H groups in total. The van der Waals surface area contributed by atoms with Gasteiger partial charge in [0.25, 0.3) is 0 Å². The van der Waals surface area contributed by atoms with E-state index in [-0.39, 0.29) is 24.5 Å². The first-order chi connectivity index (χ1) is 8.75. The van der Waals surface area contributed by atoms with E-state index in [2.05, 4.69) is 10.6 Å². The summed E-state index contributed by atoms with van der Waals surface area (Å²) in [5, 5.41) is 5.61. The molecule has 1 aliphatic carbocycles. The van der Waals surface area contributed by atoms with Crippen molar-refractivity contribution in [2.24, 2.45) is 0 Å². The summed E-state index contributed by atoms with van der Waals surface area (Å²) in [7, 11) is 0. The van der Waals surface area contributed by atoms with Crippen molar-refractivity contribution in [1.82, 2.24) is 10.6 Å². The molecule has 5 heteroatoms. The monoisotopic (exact) mass is 254 g/mol. The SMILES string of the molecule is O=C(CNC(=O)C1CCCO1)NC1CCCCC1. The molecule has 0 spiro atoms. The van der Waals surface area contributed by atoms with Gasteiger partial charge in [-0.2, -0.15) is 0 Å². The Hall–Kier alpha value is -1.10. The maximum absolute atomic E-state index is 11.7. The topological polar surface area (TPSA) is 67.4 Å². The molecule has 2 fully saturated rings. The fraction of sp³-hybridized carbons (Fsp3) is 0.846. The van der Waals surface area contributed by atoms with Gasteiger partial charge in [-0.1, -0.05) is 19.3 Å². The highest BCUT2D eigenvalue weighted by molar-refractivity contribution is 5.87. The molecule has 2 amide bonds. The van der Waals surface area contributed by atoms with Crippen LogP contribution >= 0.6 is 0 Å². The Kier molecular flexibility index (Phi) is 4.99. The number of rotatable bonds is 4. The first-order valence-corrected chi connectivity index (χ1v) is 6.94. The van der Waals surface area contributed by atoms with Gasteiger partial charge in [-0.25, -0.2) is 0 Å². The van der Waals surface area contributed by atoms with Gasteiger partial charge >= 0.3 is 0 Å². The van der Waals surface area contributed by atoms with Gasteiger partial charge in [-0.15, -0.1) is 0 Å². The highest BCUT2D eigenvalue weighted by atomic mass is 16.5. The second-order valence-corrected chi connectivity index (χ2v) is 5.12. The van der Waals surface area contributed by atoms with Crippen molar-refractivity contribution >= 4 is 11.8 Å². The molecule has 1 unspecified atom stereocenters. The molecular weight excluding hydrogens is 232 g/mol. The van der Waals surface area contributed by atoms with Crippen LogP contribution in [0.25, 0.3) is 0 Å². The van der Waals surface area contributed by atoms with E-state index >= 15 is 0 Å². The van der Waals surface area contributed by atoms with Crippen LogP contribution in [0.15, 0.2) is 0 Å². The number of hydrogen-bond acceptors (Lipinski definition) is 3. The minimum atomic E-state index is -0.354. The Balaban J connectivity index is 1.63. The predicted molar refractivity (Wildman–Crippen MR) is 67.0 cm³/mol. The van der Waals surface area contributed by atoms with Crippen LogP contribution in [0.3, 0.4) is 0 Å². The fourth-order valence-electron chi connectivity index (χ4n) is 2.59. The highest BCUT2D eigenvalue weighted by Gasteiger charge is 2.24. The Bertz CT molecular complexity index is 295. The average Bonchev–Trinajstić information content (AvgIpc) is 2.91. The largest absolute Gasteiger partial charge is 0.368 e. The number of amides is 2. The first kappa shape index (κ1) is 13.3. The third-order valence-corrected chi connectivity index (χ3v) is 3.62.